The molecule has 0 amide bonds. The molecule has 0 saturated heterocycles. The average molecular weight is 324 g/mol. The maximum atomic E-state index is 9.02. The quantitative estimate of drug-likeness (QED) is 0.883. The van der Waals surface area contributed by atoms with Crippen molar-refractivity contribution in [3.8, 4) is 6.07 Å². The molecule has 0 radical (unpaired) electrons. The number of nitrogens with zero attached hydrogens (tertiary/aromatic N) is 2. The summed E-state index contributed by atoms with van der Waals surface area (Å²) in [6, 6.07) is 8.98. The van der Waals surface area contributed by atoms with E-state index in [0.29, 0.717) is 27.8 Å². The Bertz CT molecular complexity index is 636. The van der Waals surface area contributed by atoms with E-state index in [-0.39, 0.29) is 0 Å². The summed E-state index contributed by atoms with van der Waals surface area (Å²) in [5.41, 5.74) is 7.36. The van der Waals surface area contributed by atoms with Gasteiger partial charge in [0.2, 0.25) is 0 Å². The van der Waals surface area contributed by atoms with Gasteiger partial charge in [0.25, 0.3) is 0 Å². The maximum absolute atomic E-state index is 9.02. The van der Waals surface area contributed by atoms with Crippen molar-refractivity contribution in [3.05, 3.63) is 45.5 Å². The number of nitriles is 1. The largest absolute Gasteiger partial charge is 0.396 e. The summed E-state index contributed by atoms with van der Waals surface area (Å²) in [7, 11) is 0. The molecular formula is C12H8BrClN4. The van der Waals surface area contributed by atoms with Gasteiger partial charge < -0.3 is 11.1 Å². The summed E-state index contributed by atoms with van der Waals surface area (Å²) < 4.78 is 0.858. The minimum Gasteiger partial charge on any atom is -0.396 e. The molecule has 2 aromatic rings. The van der Waals surface area contributed by atoms with E-state index in [4.69, 9.17) is 22.6 Å². The predicted octanol–water partition coefficient (Wildman–Crippen LogP) is 3.69. The number of nitrogens with one attached hydrogen (secondary N) is 1. The van der Waals surface area contributed by atoms with Crippen LogP contribution < -0.4 is 11.1 Å². The first-order chi connectivity index (χ1) is 8.60. The minimum absolute atomic E-state index is 0.423. The highest BCUT2D eigenvalue weighted by Crippen LogP contribution is 2.27. The van der Waals surface area contributed by atoms with Gasteiger partial charge in [-0.15, -0.1) is 0 Å². The Morgan fingerprint density at radius 3 is 2.83 bits per heavy atom. The molecule has 2 rings (SSSR count). The fraction of sp³-hybridized carbons (Fsp3) is 0. The molecule has 1 aromatic carbocycles. The van der Waals surface area contributed by atoms with E-state index in [1.807, 2.05) is 0 Å². The van der Waals surface area contributed by atoms with Crippen molar-refractivity contribution in [2.45, 2.75) is 0 Å². The van der Waals surface area contributed by atoms with Crippen molar-refractivity contribution in [2.75, 3.05) is 11.1 Å². The fourth-order valence-electron chi connectivity index (χ4n) is 1.40. The molecule has 0 aliphatic carbocycles. The summed E-state index contributed by atoms with van der Waals surface area (Å²) in [4.78, 5) is 4.09. The summed E-state index contributed by atoms with van der Waals surface area (Å²) in [5, 5.41) is 12.5. The second-order valence-electron chi connectivity index (χ2n) is 3.52. The molecule has 1 heterocycles. The van der Waals surface area contributed by atoms with Crippen molar-refractivity contribution in [1.82, 2.24) is 4.98 Å². The van der Waals surface area contributed by atoms with Gasteiger partial charge in [-0.1, -0.05) is 27.5 Å². The number of halogens is 2. The van der Waals surface area contributed by atoms with E-state index in [1.165, 1.54) is 6.20 Å². The van der Waals surface area contributed by atoms with Gasteiger partial charge in [0.1, 0.15) is 6.07 Å². The molecule has 3 N–H and O–H groups in total. The molecule has 0 atom stereocenters. The Morgan fingerprint density at radius 2 is 2.17 bits per heavy atom. The molecule has 90 valence electrons. The number of nitrogen functional groups attached to an aromatic ring is 1. The van der Waals surface area contributed by atoms with E-state index in [1.54, 1.807) is 24.3 Å². The molecule has 18 heavy (non-hydrogen) atoms. The third-order valence-electron chi connectivity index (χ3n) is 2.24. The van der Waals surface area contributed by atoms with Crippen molar-refractivity contribution in [3.63, 3.8) is 0 Å². The molecule has 0 unspecified atom stereocenters. The number of anilines is 3. The van der Waals surface area contributed by atoms with Crippen LogP contribution in [0.4, 0.5) is 17.2 Å². The number of rotatable bonds is 2. The third-order valence-corrected chi connectivity index (χ3v) is 2.94. The van der Waals surface area contributed by atoms with Crippen LogP contribution in [0.2, 0.25) is 5.02 Å². The van der Waals surface area contributed by atoms with Crippen LogP contribution in [0, 0.1) is 11.3 Å². The zero-order valence-electron chi connectivity index (χ0n) is 9.11. The van der Waals surface area contributed by atoms with Crippen molar-refractivity contribution in [2.24, 2.45) is 0 Å². The van der Waals surface area contributed by atoms with Gasteiger partial charge in [0.05, 0.1) is 22.0 Å². The van der Waals surface area contributed by atoms with Crippen LogP contribution in [-0.4, -0.2) is 4.98 Å². The zero-order chi connectivity index (χ0) is 13.1. The Labute approximate surface area is 118 Å². The molecule has 0 aliphatic heterocycles. The number of aromatic nitrogens is 1. The van der Waals surface area contributed by atoms with Crippen LogP contribution in [0.25, 0.3) is 0 Å². The van der Waals surface area contributed by atoms with E-state index in [2.05, 4.69) is 32.3 Å². The van der Waals surface area contributed by atoms with Crippen LogP contribution in [0.1, 0.15) is 5.56 Å². The van der Waals surface area contributed by atoms with E-state index < -0.39 is 0 Å². The van der Waals surface area contributed by atoms with Crippen molar-refractivity contribution < 1.29 is 0 Å². The maximum Gasteiger partial charge on any atom is 0.153 e. The van der Waals surface area contributed by atoms with Crippen molar-refractivity contribution >= 4 is 44.7 Å². The van der Waals surface area contributed by atoms with Gasteiger partial charge in [-0.25, -0.2) is 4.98 Å². The van der Waals surface area contributed by atoms with Gasteiger partial charge in [0, 0.05) is 10.7 Å². The van der Waals surface area contributed by atoms with Crippen LogP contribution in [0.15, 0.2) is 34.9 Å². The molecule has 0 aliphatic rings. The summed E-state index contributed by atoms with van der Waals surface area (Å²) in [6.45, 7) is 0. The lowest BCUT2D eigenvalue weighted by Crippen LogP contribution is -2.00. The fourth-order valence-corrected chi connectivity index (χ4v) is 1.93. The van der Waals surface area contributed by atoms with Gasteiger partial charge in [-0.05, 0) is 24.3 Å². The molecule has 4 nitrogen and oxygen atoms in total. The lowest BCUT2D eigenvalue weighted by Gasteiger charge is -2.10. The second kappa shape index (κ2) is 5.25. The van der Waals surface area contributed by atoms with E-state index in [0.717, 1.165) is 4.47 Å². The predicted molar refractivity (Wildman–Crippen MR) is 75.8 cm³/mol. The smallest absolute Gasteiger partial charge is 0.153 e. The Kier molecular flexibility index (Phi) is 3.70. The molecule has 1 aromatic heterocycles. The SMILES string of the molecule is N#Cc1ccc(Br)cc1Nc1ncc(Cl)cc1N. The summed E-state index contributed by atoms with van der Waals surface area (Å²) in [6.07, 6.45) is 1.49. The summed E-state index contributed by atoms with van der Waals surface area (Å²) >= 11 is 9.12. The average Bonchev–Trinajstić information content (AvgIpc) is 2.33. The van der Waals surface area contributed by atoms with Crippen LogP contribution in [-0.2, 0) is 0 Å². The highest BCUT2D eigenvalue weighted by atomic mass is 79.9. The third kappa shape index (κ3) is 2.73. The van der Waals surface area contributed by atoms with Gasteiger partial charge in [0.15, 0.2) is 5.82 Å². The lowest BCUT2D eigenvalue weighted by molar-refractivity contribution is 1.30. The first-order valence-corrected chi connectivity index (χ1v) is 6.15. The van der Waals surface area contributed by atoms with Gasteiger partial charge in [-0.3, -0.25) is 0 Å². The summed E-state index contributed by atoms with van der Waals surface area (Å²) in [5.74, 6) is 0.467. The number of pyridine rings is 1. The number of benzene rings is 1. The highest BCUT2D eigenvalue weighted by molar-refractivity contribution is 9.10. The Balaban J connectivity index is 2.40. The lowest BCUT2D eigenvalue weighted by atomic mass is 10.2. The van der Waals surface area contributed by atoms with Crippen LogP contribution in [0.3, 0.4) is 0 Å². The molecule has 6 heteroatoms. The molecular weight excluding hydrogens is 316 g/mol. The highest BCUT2D eigenvalue weighted by Gasteiger charge is 2.07. The van der Waals surface area contributed by atoms with Crippen LogP contribution in [0.5, 0.6) is 0 Å². The van der Waals surface area contributed by atoms with Gasteiger partial charge >= 0.3 is 0 Å². The van der Waals surface area contributed by atoms with E-state index >= 15 is 0 Å². The van der Waals surface area contributed by atoms with Gasteiger partial charge in [-0.2, -0.15) is 5.26 Å². The molecule has 0 saturated carbocycles. The minimum atomic E-state index is 0.423. The number of nitrogens with two attached hydrogens (primary N) is 1. The molecule has 0 bridgehead atoms. The number of hydrogen-bond acceptors (Lipinski definition) is 4. The van der Waals surface area contributed by atoms with Crippen molar-refractivity contribution in [1.29, 1.82) is 5.26 Å². The Morgan fingerprint density at radius 1 is 1.39 bits per heavy atom. The molecule has 0 fully saturated rings. The monoisotopic (exact) mass is 322 g/mol. The van der Waals surface area contributed by atoms with E-state index in [9.17, 15) is 0 Å². The first-order valence-electron chi connectivity index (χ1n) is 4.98. The topological polar surface area (TPSA) is 74.7 Å². The second-order valence-corrected chi connectivity index (χ2v) is 4.87. The Hall–Kier alpha value is -1.77. The first kappa shape index (κ1) is 12.7. The zero-order valence-corrected chi connectivity index (χ0v) is 11.5. The van der Waals surface area contributed by atoms with Crippen LogP contribution >= 0.6 is 27.5 Å². The normalized spacial score (nSPS) is 9.83. The molecule has 0 spiro atoms. The standard InChI is InChI=1S/C12H8BrClN4/c13-8-2-1-7(5-15)11(3-8)18-12-10(16)4-9(14)6-17-12/h1-4,6H,16H2,(H,17,18). The number of hydrogen-bond donors (Lipinski definition) is 2.